The maximum atomic E-state index is 6.16. The summed E-state index contributed by atoms with van der Waals surface area (Å²) in [6.45, 7) is 0. The molecule has 0 spiro atoms. The molecule has 0 atom stereocenters. The highest BCUT2D eigenvalue weighted by atomic mass is 35.6. The highest BCUT2D eigenvalue weighted by molar-refractivity contribution is 6.79. The van der Waals surface area contributed by atoms with Crippen LogP contribution in [0.1, 0.15) is 0 Å². The van der Waals surface area contributed by atoms with Crippen molar-refractivity contribution in [2.24, 2.45) is 0 Å². The number of hydrogen-bond donors (Lipinski definition) is 0. The molecule has 0 saturated carbocycles. The molecule has 116 valence electrons. The van der Waals surface area contributed by atoms with Crippen molar-refractivity contribution in [1.82, 2.24) is 0 Å². The van der Waals surface area contributed by atoms with Crippen LogP contribution < -0.4 is 0 Å². The van der Waals surface area contributed by atoms with Gasteiger partial charge >= 0.3 is 0 Å². The molecule has 0 saturated heterocycles. The molecule has 0 unspecified atom stereocenters. The number of halogens is 12. The molecule has 0 aromatic rings. The Morgan fingerprint density at radius 3 is 0.650 bits per heavy atom. The fraction of sp³-hybridized carbons (Fsp3) is 0.750. The van der Waals surface area contributed by atoms with Crippen molar-refractivity contribution >= 4 is 139 Å². The molecule has 0 heterocycles. The topological polar surface area (TPSA) is 0 Å². The minimum Gasteiger partial charge on any atom is -0.0941 e. The predicted octanol–water partition coefficient (Wildman–Crippen LogP) is 7.35. The van der Waals surface area contributed by atoms with Crippen LogP contribution in [-0.2, 0) is 0 Å². The van der Waals surface area contributed by atoms with Gasteiger partial charge in [-0.1, -0.05) is 139 Å². The van der Waals surface area contributed by atoms with Crippen LogP contribution in [-0.4, -0.2) is 26.0 Å². The first-order chi connectivity index (χ1) is 8.49. The summed E-state index contributed by atoms with van der Waals surface area (Å²) in [4.78, 5) is 0. The summed E-state index contributed by atoms with van der Waals surface area (Å²) in [5.74, 6) is 0. The van der Waals surface area contributed by atoms with Gasteiger partial charge in [0.25, 0.3) is 0 Å². The molecule has 0 nitrogen and oxygen atoms in total. The molecular formula is C8Cl12. The molecule has 0 N–H and O–H groups in total. The lowest BCUT2D eigenvalue weighted by atomic mass is 10.1. The minimum absolute atomic E-state index is 0.248. The summed E-state index contributed by atoms with van der Waals surface area (Å²) >= 11 is 73.5. The van der Waals surface area contributed by atoms with Crippen LogP contribution in [0.3, 0.4) is 0 Å². The van der Waals surface area contributed by atoms with E-state index < -0.39 is 26.0 Å². The van der Waals surface area contributed by atoms with Gasteiger partial charge < -0.3 is 0 Å². The molecule has 20 heavy (non-hydrogen) atoms. The van der Waals surface area contributed by atoms with E-state index in [2.05, 4.69) is 0 Å². The number of rotatable bonds is 0. The molecule has 0 aromatic heterocycles. The van der Waals surface area contributed by atoms with E-state index in [-0.39, 0.29) is 11.1 Å². The van der Waals surface area contributed by atoms with Gasteiger partial charge in [-0.3, -0.25) is 0 Å². The quantitative estimate of drug-likeness (QED) is 0.231. The standard InChI is InChI=1S/C8Cl12/c9-3(10)1-2(5(13,14)7(3,17)18)6(15,16)8(19,20)4(1,11)12. The molecule has 0 fully saturated rings. The molecule has 0 bridgehead atoms. The molecule has 12 heteroatoms. The Morgan fingerprint density at radius 1 is 0.350 bits per heavy atom. The van der Waals surface area contributed by atoms with E-state index in [1.54, 1.807) is 0 Å². The van der Waals surface area contributed by atoms with Crippen LogP contribution in [0.5, 0.6) is 0 Å². The molecule has 0 radical (unpaired) electrons. The molecule has 0 aromatic carbocycles. The molecule has 2 aliphatic carbocycles. The van der Waals surface area contributed by atoms with Gasteiger partial charge in [0.05, 0.1) is 0 Å². The van der Waals surface area contributed by atoms with Gasteiger partial charge in [-0.2, -0.15) is 0 Å². The van der Waals surface area contributed by atoms with Crippen molar-refractivity contribution in [3.63, 3.8) is 0 Å². The third kappa shape index (κ3) is 1.92. The third-order valence-corrected chi connectivity index (χ3v) is 10.7. The van der Waals surface area contributed by atoms with E-state index in [0.29, 0.717) is 0 Å². The van der Waals surface area contributed by atoms with Gasteiger partial charge in [-0.25, -0.2) is 0 Å². The van der Waals surface area contributed by atoms with Crippen LogP contribution in [0.25, 0.3) is 0 Å². The summed E-state index contributed by atoms with van der Waals surface area (Å²) in [6.07, 6.45) is 0. The molecule has 0 aliphatic heterocycles. The Bertz CT molecular complexity index is 424. The summed E-state index contributed by atoms with van der Waals surface area (Å²) in [7, 11) is 0. The van der Waals surface area contributed by atoms with Gasteiger partial charge in [-0.05, 0) is 0 Å². The summed E-state index contributed by atoms with van der Waals surface area (Å²) < 4.78 is -12.9. The van der Waals surface area contributed by atoms with Crippen molar-refractivity contribution in [1.29, 1.82) is 0 Å². The fourth-order valence-electron chi connectivity index (χ4n) is 2.04. The van der Waals surface area contributed by atoms with Gasteiger partial charge in [-0.15, -0.1) is 0 Å². The Balaban J connectivity index is 2.90. The van der Waals surface area contributed by atoms with Crippen LogP contribution in [0.2, 0.25) is 0 Å². The highest BCUT2D eigenvalue weighted by Crippen LogP contribution is 2.79. The zero-order chi connectivity index (χ0) is 16.2. The second-order valence-corrected chi connectivity index (χ2v) is 12.2. The Hall–Kier alpha value is 3.22. The Kier molecular flexibility index (Phi) is 4.78. The smallest absolute Gasteiger partial charge is 0.0941 e. The first kappa shape index (κ1) is 19.5. The van der Waals surface area contributed by atoms with Crippen molar-refractivity contribution in [2.75, 3.05) is 0 Å². The third-order valence-electron chi connectivity index (χ3n) is 3.08. The van der Waals surface area contributed by atoms with Gasteiger partial charge in [0.1, 0.15) is 0 Å². The Morgan fingerprint density at radius 2 is 0.500 bits per heavy atom. The lowest BCUT2D eigenvalue weighted by molar-refractivity contribution is 0.630. The maximum Gasteiger partial charge on any atom is 0.191 e. The lowest BCUT2D eigenvalue weighted by Crippen LogP contribution is -2.56. The minimum atomic E-state index is -2.16. The van der Waals surface area contributed by atoms with E-state index in [9.17, 15) is 0 Å². The van der Waals surface area contributed by atoms with Gasteiger partial charge in [0.2, 0.25) is 0 Å². The van der Waals surface area contributed by atoms with Crippen LogP contribution in [0.4, 0.5) is 0 Å². The molecular weight excluding hydrogens is 522 g/mol. The largest absolute Gasteiger partial charge is 0.191 e. The second kappa shape index (κ2) is 4.89. The first-order valence-corrected chi connectivity index (χ1v) is 9.05. The van der Waals surface area contributed by atoms with Crippen molar-refractivity contribution in [3.05, 3.63) is 11.1 Å². The van der Waals surface area contributed by atoms with Crippen LogP contribution in [0.15, 0.2) is 11.1 Å². The van der Waals surface area contributed by atoms with Crippen molar-refractivity contribution in [2.45, 2.75) is 26.0 Å². The summed E-state index contributed by atoms with van der Waals surface area (Å²) in [5, 5.41) is 0. The van der Waals surface area contributed by atoms with Crippen molar-refractivity contribution < 1.29 is 0 Å². The predicted molar refractivity (Wildman–Crippen MR) is 93.6 cm³/mol. The first-order valence-electron chi connectivity index (χ1n) is 4.52. The second-order valence-electron chi connectivity index (χ2n) is 4.20. The summed E-state index contributed by atoms with van der Waals surface area (Å²) in [5.41, 5.74) is -0.497. The number of hydrogen-bond acceptors (Lipinski definition) is 0. The summed E-state index contributed by atoms with van der Waals surface area (Å²) in [6, 6.07) is 0. The zero-order valence-electron chi connectivity index (χ0n) is 8.54. The van der Waals surface area contributed by atoms with E-state index in [1.165, 1.54) is 0 Å². The van der Waals surface area contributed by atoms with Crippen LogP contribution in [0, 0.1) is 0 Å². The highest BCUT2D eigenvalue weighted by Gasteiger charge is 2.84. The normalized spacial score (nSPS) is 34.2. The molecule has 2 aliphatic rings. The number of allylic oxidation sites excluding steroid dienone is 2. The molecule has 2 rings (SSSR count). The van der Waals surface area contributed by atoms with E-state index >= 15 is 0 Å². The van der Waals surface area contributed by atoms with E-state index in [4.69, 9.17) is 139 Å². The SMILES string of the molecule is ClC1(Cl)C2=C(C(Cl)(Cl)C1(Cl)Cl)C(Cl)(Cl)C(Cl)(Cl)C2(Cl)Cl. The van der Waals surface area contributed by atoms with E-state index in [1.807, 2.05) is 0 Å². The number of alkyl halides is 12. The average molecular weight is 522 g/mol. The van der Waals surface area contributed by atoms with Crippen molar-refractivity contribution in [3.8, 4) is 0 Å². The zero-order valence-corrected chi connectivity index (χ0v) is 17.6. The van der Waals surface area contributed by atoms with Gasteiger partial charge in [0.15, 0.2) is 26.0 Å². The molecule has 0 amide bonds. The Labute approximate surface area is 174 Å². The van der Waals surface area contributed by atoms with E-state index in [0.717, 1.165) is 0 Å². The lowest BCUT2D eigenvalue weighted by Gasteiger charge is -2.43. The fourth-order valence-corrected chi connectivity index (χ4v) is 6.60. The van der Waals surface area contributed by atoms with Gasteiger partial charge in [0, 0.05) is 11.1 Å². The maximum absolute atomic E-state index is 6.16. The van der Waals surface area contributed by atoms with Crippen LogP contribution >= 0.6 is 139 Å². The average Bonchev–Trinajstić information content (AvgIpc) is 2.39. The monoisotopic (exact) mass is 516 g/mol.